The molecular weight excluding hydrogens is 189 g/mol. The van der Waals surface area contributed by atoms with Crippen LogP contribution in [-0.2, 0) is 0 Å². The Labute approximate surface area is 55.6 Å². The first-order valence-electron chi connectivity index (χ1n) is 1.73. The zero-order valence-corrected chi connectivity index (χ0v) is 6.18. The fourth-order valence-electron chi connectivity index (χ4n) is 0.136. The normalized spacial score (nSPS) is 8.33. The second kappa shape index (κ2) is 9.06. The minimum absolute atomic E-state index is 0. The topological polar surface area (TPSA) is 26.0 Å². The Morgan fingerprint density at radius 2 is 2.17 bits per heavy atom. The van der Waals surface area contributed by atoms with Crippen molar-refractivity contribution >= 4 is 24.0 Å². The Balaban J connectivity index is 0. The van der Waals surface area contributed by atoms with Crippen molar-refractivity contribution in [2.75, 3.05) is 6.54 Å². The van der Waals surface area contributed by atoms with Crippen LogP contribution in [0.3, 0.4) is 0 Å². The molecule has 0 saturated heterocycles. The van der Waals surface area contributed by atoms with Crippen LogP contribution < -0.4 is 5.73 Å². The molecule has 0 aromatic carbocycles. The molecule has 38 valence electrons. The minimum atomic E-state index is 0. The van der Waals surface area contributed by atoms with E-state index in [4.69, 9.17) is 5.73 Å². The number of halogens is 1. The van der Waals surface area contributed by atoms with E-state index < -0.39 is 0 Å². The molecule has 0 heterocycles. The van der Waals surface area contributed by atoms with Crippen molar-refractivity contribution in [1.29, 1.82) is 0 Å². The molecule has 0 fully saturated rings. The molecule has 1 nitrogen and oxygen atoms in total. The zero-order valence-electron chi connectivity index (χ0n) is 3.85. The van der Waals surface area contributed by atoms with Crippen molar-refractivity contribution in [3.63, 3.8) is 0 Å². The van der Waals surface area contributed by atoms with Gasteiger partial charge in [0.1, 0.15) is 0 Å². The van der Waals surface area contributed by atoms with Gasteiger partial charge in [-0.05, 0) is 6.92 Å². The summed E-state index contributed by atoms with van der Waals surface area (Å²) >= 11 is 0. The summed E-state index contributed by atoms with van der Waals surface area (Å²) in [6.07, 6.45) is 3.83. The van der Waals surface area contributed by atoms with Crippen LogP contribution in [0.15, 0.2) is 12.2 Å². The molecule has 0 aromatic rings. The van der Waals surface area contributed by atoms with Crippen LogP contribution in [0.1, 0.15) is 6.92 Å². The maximum Gasteiger partial charge on any atom is 0.0106 e. The highest BCUT2D eigenvalue weighted by Gasteiger charge is 1.51. The van der Waals surface area contributed by atoms with Gasteiger partial charge in [0.05, 0.1) is 0 Å². The lowest BCUT2D eigenvalue weighted by Gasteiger charge is -1.67. The van der Waals surface area contributed by atoms with Gasteiger partial charge in [-0.3, -0.25) is 0 Å². The minimum Gasteiger partial charge on any atom is -0.327 e. The van der Waals surface area contributed by atoms with Crippen molar-refractivity contribution in [2.45, 2.75) is 6.92 Å². The van der Waals surface area contributed by atoms with Crippen LogP contribution >= 0.6 is 24.0 Å². The van der Waals surface area contributed by atoms with Gasteiger partial charge in [-0.1, -0.05) is 12.2 Å². The summed E-state index contributed by atoms with van der Waals surface area (Å²) in [5.74, 6) is 0. The first-order chi connectivity index (χ1) is 2.41. The van der Waals surface area contributed by atoms with E-state index in [9.17, 15) is 0 Å². The van der Waals surface area contributed by atoms with Crippen molar-refractivity contribution < 1.29 is 0 Å². The molecule has 0 rings (SSSR count). The summed E-state index contributed by atoms with van der Waals surface area (Å²) in [5.41, 5.74) is 5.05. The maximum absolute atomic E-state index is 5.05. The monoisotopic (exact) mass is 199 g/mol. The second-order valence-electron chi connectivity index (χ2n) is 0.805. The quantitative estimate of drug-likeness (QED) is 0.497. The third-order valence-corrected chi connectivity index (χ3v) is 0.372. The van der Waals surface area contributed by atoms with E-state index in [-0.39, 0.29) is 24.0 Å². The van der Waals surface area contributed by atoms with Crippen LogP contribution in [0.25, 0.3) is 0 Å². The van der Waals surface area contributed by atoms with E-state index >= 15 is 0 Å². The third-order valence-electron chi connectivity index (χ3n) is 0.372. The standard InChI is InChI=1S/C4H9N.HI/c1-2-3-4-5;/h2-3H,4-5H2,1H3;1H. The van der Waals surface area contributed by atoms with Gasteiger partial charge in [-0.25, -0.2) is 0 Å². The molecule has 0 radical (unpaired) electrons. The highest BCUT2D eigenvalue weighted by molar-refractivity contribution is 14.0. The molecule has 0 aliphatic carbocycles. The van der Waals surface area contributed by atoms with E-state index in [1.807, 2.05) is 19.1 Å². The average molecular weight is 199 g/mol. The van der Waals surface area contributed by atoms with Gasteiger partial charge >= 0.3 is 0 Å². The molecule has 0 aliphatic rings. The second-order valence-corrected chi connectivity index (χ2v) is 0.805. The Bertz CT molecular complexity index is 34.5. The Morgan fingerprint density at radius 3 is 2.17 bits per heavy atom. The molecule has 6 heavy (non-hydrogen) atoms. The molecular formula is C4H10IN. The van der Waals surface area contributed by atoms with E-state index in [2.05, 4.69) is 0 Å². The van der Waals surface area contributed by atoms with E-state index in [1.165, 1.54) is 0 Å². The van der Waals surface area contributed by atoms with Gasteiger partial charge in [-0.2, -0.15) is 0 Å². The summed E-state index contributed by atoms with van der Waals surface area (Å²) in [4.78, 5) is 0. The molecule has 0 aliphatic heterocycles. The fraction of sp³-hybridized carbons (Fsp3) is 0.500. The molecule has 0 bridgehead atoms. The SMILES string of the molecule is CC=CCN.I. The molecule has 0 unspecified atom stereocenters. The fourth-order valence-corrected chi connectivity index (χ4v) is 0.136. The van der Waals surface area contributed by atoms with E-state index in [0.717, 1.165) is 0 Å². The van der Waals surface area contributed by atoms with Crippen LogP contribution in [0.5, 0.6) is 0 Å². The van der Waals surface area contributed by atoms with Gasteiger partial charge in [0.15, 0.2) is 0 Å². The van der Waals surface area contributed by atoms with Gasteiger partial charge in [-0.15, -0.1) is 24.0 Å². The molecule has 0 amide bonds. The predicted octanol–water partition coefficient (Wildman–Crippen LogP) is 1.14. The maximum atomic E-state index is 5.05. The van der Waals surface area contributed by atoms with Crippen molar-refractivity contribution in [1.82, 2.24) is 0 Å². The smallest absolute Gasteiger partial charge is 0.0106 e. The lowest BCUT2D eigenvalue weighted by atomic mass is 10.5. The van der Waals surface area contributed by atoms with Crippen molar-refractivity contribution in [2.24, 2.45) is 5.73 Å². The van der Waals surface area contributed by atoms with Gasteiger partial charge < -0.3 is 5.73 Å². The van der Waals surface area contributed by atoms with Gasteiger partial charge in [0, 0.05) is 6.54 Å². The summed E-state index contributed by atoms with van der Waals surface area (Å²) in [6, 6.07) is 0. The van der Waals surface area contributed by atoms with E-state index in [0.29, 0.717) is 6.54 Å². The average Bonchev–Trinajstić information content (AvgIpc) is 1.41. The number of nitrogens with two attached hydrogens (primary N) is 1. The molecule has 0 atom stereocenters. The summed E-state index contributed by atoms with van der Waals surface area (Å²) in [5, 5.41) is 0. The third kappa shape index (κ3) is 8.83. The summed E-state index contributed by atoms with van der Waals surface area (Å²) < 4.78 is 0. The van der Waals surface area contributed by atoms with Crippen molar-refractivity contribution in [3.8, 4) is 0 Å². The molecule has 0 aromatic heterocycles. The van der Waals surface area contributed by atoms with Crippen LogP contribution in [-0.4, -0.2) is 6.54 Å². The zero-order chi connectivity index (χ0) is 4.12. The van der Waals surface area contributed by atoms with Crippen LogP contribution in [0.4, 0.5) is 0 Å². The molecule has 0 spiro atoms. The Kier molecular flexibility index (Phi) is 14.6. The lowest BCUT2D eigenvalue weighted by Crippen LogP contribution is -1.90. The highest BCUT2D eigenvalue weighted by atomic mass is 127. The Hall–Kier alpha value is 0.430. The number of hydrogen-bond acceptors (Lipinski definition) is 1. The number of rotatable bonds is 1. The molecule has 2 heteroatoms. The highest BCUT2D eigenvalue weighted by Crippen LogP contribution is 1.57. The largest absolute Gasteiger partial charge is 0.327 e. The number of allylic oxidation sites excluding steroid dienone is 1. The Morgan fingerprint density at radius 1 is 1.67 bits per heavy atom. The summed E-state index contributed by atoms with van der Waals surface area (Å²) in [7, 11) is 0. The van der Waals surface area contributed by atoms with Gasteiger partial charge in [0.25, 0.3) is 0 Å². The van der Waals surface area contributed by atoms with Crippen LogP contribution in [0, 0.1) is 0 Å². The summed E-state index contributed by atoms with van der Waals surface area (Å²) in [6.45, 7) is 2.61. The predicted molar refractivity (Wildman–Crippen MR) is 39.3 cm³/mol. The van der Waals surface area contributed by atoms with E-state index in [1.54, 1.807) is 0 Å². The lowest BCUT2D eigenvalue weighted by molar-refractivity contribution is 1.25. The molecule has 2 N–H and O–H groups in total. The van der Waals surface area contributed by atoms with Crippen molar-refractivity contribution in [3.05, 3.63) is 12.2 Å². The number of hydrogen-bond donors (Lipinski definition) is 1. The van der Waals surface area contributed by atoms with Crippen LogP contribution in [0.2, 0.25) is 0 Å². The van der Waals surface area contributed by atoms with Gasteiger partial charge in [0.2, 0.25) is 0 Å². The first kappa shape index (κ1) is 9.66. The first-order valence-corrected chi connectivity index (χ1v) is 1.73. The molecule has 0 saturated carbocycles.